The first-order valence-electron chi connectivity index (χ1n) is 2.26. The Balaban J connectivity index is 0. The van der Waals surface area contributed by atoms with Crippen LogP contribution in [-0.4, -0.2) is 13.9 Å². The van der Waals surface area contributed by atoms with Gasteiger partial charge >= 0.3 is 0 Å². The largest absolute Gasteiger partial charge is 0.700 e. The Morgan fingerprint density at radius 3 is 2.56 bits per heavy atom. The molecule has 3 nitrogen and oxygen atoms in total. The van der Waals surface area contributed by atoms with Crippen LogP contribution in [0.15, 0.2) is 12.0 Å². The maximum atomic E-state index is 6.84. The zero-order valence-electron chi connectivity index (χ0n) is 5.68. The van der Waals surface area contributed by atoms with Gasteiger partial charge in [0.05, 0.1) is 6.26 Å². The fourth-order valence-corrected chi connectivity index (χ4v) is 0.227. The van der Waals surface area contributed by atoms with E-state index in [0.717, 1.165) is 0 Å². The molecule has 4 heteroatoms. The quantitative estimate of drug-likeness (QED) is 0.443. The van der Waals surface area contributed by atoms with Gasteiger partial charge in [0.2, 0.25) is 0 Å². The molecule has 51 valence electrons. The predicted molar refractivity (Wildman–Crippen MR) is 31.0 cm³/mol. The van der Waals surface area contributed by atoms with Crippen LogP contribution in [-0.2, 0) is 9.47 Å². The molecular formula is C5H10AcNO2-. The number of rotatable bonds is 3. The first-order chi connectivity index (χ1) is 3.77. The summed E-state index contributed by atoms with van der Waals surface area (Å²) in [6.45, 7) is 1.85. The van der Waals surface area contributed by atoms with E-state index in [4.69, 9.17) is 5.73 Å². The fourth-order valence-electron chi connectivity index (χ4n) is 0.227. The Hall–Kier alpha value is 0.742. The Kier molecular flexibility index (Phi) is 12.1. The molecule has 0 saturated carbocycles. The molecule has 0 rings (SSSR count). The second-order valence-electron chi connectivity index (χ2n) is 1.37. The van der Waals surface area contributed by atoms with Crippen molar-refractivity contribution in [2.24, 2.45) is 0 Å². The number of hydrogen-bond acceptors (Lipinski definition) is 2. The summed E-state index contributed by atoms with van der Waals surface area (Å²) in [7, 11) is 1.53. The summed E-state index contributed by atoms with van der Waals surface area (Å²) in [4.78, 5) is 0. The molecule has 1 radical (unpaired) electrons. The van der Waals surface area contributed by atoms with E-state index in [0.29, 0.717) is 5.70 Å². The van der Waals surface area contributed by atoms with E-state index >= 15 is 0 Å². The predicted octanol–water partition coefficient (Wildman–Crippen LogP) is 1.52. The number of hydrogen-bond donors (Lipinski definition) is 0. The van der Waals surface area contributed by atoms with Crippen molar-refractivity contribution in [3.05, 3.63) is 17.7 Å². The average Bonchev–Trinajstić information content (AvgIpc) is 1.66. The van der Waals surface area contributed by atoms with Gasteiger partial charge in [-0.05, 0) is 0 Å². The molecule has 0 unspecified atom stereocenters. The third-order valence-electron chi connectivity index (χ3n) is 0.446. The van der Waals surface area contributed by atoms with Gasteiger partial charge in [-0.25, -0.2) is 0 Å². The smallest absolute Gasteiger partial charge is 0.187 e. The molecule has 0 fully saturated rings. The van der Waals surface area contributed by atoms with Gasteiger partial charge in [0.25, 0.3) is 0 Å². The van der Waals surface area contributed by atoms with Crippen LogP contribution < -0.4 is 0 Å². The van der Waals surface area contributed by atoms with Crippen LogP contribution in [0.5, 0.6) is 0 Å². The van der Waals surface area contributed by atoms with Crippen molar-refractivity contribution >= 4 is 0 Å². The summed E-state index contributed by atoms with van der Waals surface area (Å²) in [6.07, 6.45) is 1.34. The van der Waals surface area contributed by atoms with Gasteiger partial charge in [-0.2, -0.15) is 0 Å². The first kappa shape index (κ1) is 12.4. The minimum absolute atomic E-state index is 0. The third-order valence-corrected chi connectivity index (χ3v) is 0.446. The monoisotopic (exact) mass is 343 g/mol. The van der Waals surface area contributed by atoms with Gasteiger partial charge in [0, 0.05) is 51.2 Å². The normalized spacial score (nSPS) is 10.2. The van der Waals surface area contributed by atoms with E-state index in [2.05, 4.69) is 9.47 Å². The Morgan fingerprint density at radius 2 is 2.22 bits per heavy atom. The molecule has 9 heavy (non-hydrogen) atoms. The third kappa shape index (κ3) is 12.1. The zero-order valence-corrected chi connectivity index (χ0v) is 10.4. The molecule has 0 aromatic rings. The van der Waals surface area contributed by atoms with Crippen molar-refractivity contribution in [2.75, 3.05) is 13.9 Å². The molecule has 0 aliphatic rings. The summed E-state index contributed by atoms with van der Waals surface area (Å²) in [5.41, 5.74) is 7.23. The summed E-state index contributed by atoms with van der Waals surface area (Å²) in [5.74, 6) is 0. The summed E-state index contributed by atoms with van der Waals surface area (Å²) >= 11 is 0. The van der Waals surface area contributed by atoms with E-state index in [-0.39, 0.29) is 50.9 Å². The summed E-state index contributed by atoms with van der Waals surface area (Å²) in [5, 5.41) is 0. The average molecular weight is 343 g/mol. The molecule has 0 aliphatic heterocycles. The molecule has 0 atom stereocenters. The maximum absolute atomic E-state index is 6.84. The molecule has 0 amide bonds. The Morgan fingerprint density at radius 1 is 1.67 bits per heavy atom. The van der Waals surface area contributed by atoms with E-state index < -0.39 is 0 Å². The van der Waals surface area contributed by atoms with Gasteiger partial charge in [0.15, 0.2) is 6.79 Å². The molecule has 0 bridgehead atoms. The van der Waals surface area contributed by atoms with Gasteiger partial charge in [-0.15, -0.1) is 5.70 Å². The van der Waals surface area contributed by atoms with E-state index in [1.165, 1.54) is 13.4 Å². The molecule has 1 N–H and O–H groups in total. The van der Waals surface area contributed by atoms with Crippen molar-refractivity contribution in [1.82, 2.24) is 0 Å². The SMILES string of the molecule is COCO/C=C(\C)[NH-].[Ac]. The second-order valence-corrected chi connectivity index (χ2v) is 1.37. The number of allylic oxidation sites excluding steroid dienone is 1. The Bertz CT molecular complexity index is 81.0. The van der Waals surface area contributed by atoms with Gasteiger partial charge in [0.1, 0.15) is 0 Å². The van der Waals surface area contributed by atoms with Crippen LogP contribution in [0.25, 0.3) is 5.73 Å². The number of ether oxygens (including phenoxy) is 2. The molecule has 0 aromatic carbocycles. The Labute approximate surface area is 91.1 Å². The zero-order chi connectivity index (χ0) is 6.41. The molecule has 0 aliphatic carbocycles. The van der Waals surface area contributed by atoms with Gasteiger partial charge < -0.3 is 15.2 Å². The number of nitrogens with one attached hydrogen (secondary N) is 1. The molecule has 0 heterocycles. The van der Waals surface area contributed by atoms with E-state index in [1.54, 1.807) is 6.92 Å². The molecule has 0 spiro atoms. The summed E-state index contributed by atoms with van der Waals surface area (Å²) < 4.78 is 9.21. The maximum Gasteiger partial charge on any atom is 0.187 e. The topological polar surface area (TPSA) is 42.3 Å². The van der Waals surface area contributed by atoms with Crippen LogP contribution in [0, 0.1) is 44.1 Å². The van der Waals surface area contributed by atoms with E-state index in [9.17, 15) is 0 Å². The standard InChI is InChI=1S/C5H10NO2.Ac/c1-5(6)3-8-4-7-2;/h3,6H,4H2,1-2H3;/q-1;/b5-3+;. The second kappa shape index (κ2) is 8.74. The fraction of sp³-hybridized carbons (Fsp3) is 0.600. The van der Waals surface area contributed by atoms with Crippen LogP contribution >= 0.6 is 0 Å². The van der Waals surface area contributed by atoms with Crippen molar-refractivity contribution < 1.29 is 53.5 Å². The van der Waals surface area contributed by atoms with Crippen LogP contribution in [0.4, 0.5) is 0 Å². The van der Waals surface area contributed by atoms with Gasteiger partial charge in [-0.3, -0.25) is 0 Å². The minimum atomic E-state index is 0. The molecule has 0 aromatic heterocycles. The van der Waals surface area contributed by atoms with Crippen LogP contribution in [0.1, 0.15) is 6.92 Å². The number of methoxy groups -OCH3 is 1. The van der Waals surface area contributed by atoms with Crippen LogP contribution in [0.3, 0.4) is 0 Å². The minimum Gasteiger partial charge on any atom is -0.700 e. The van der Waals surface area contributed by atoms with Crippen molar-refractivity contribution in [1.29, 1.82) is 0 Å². The summed E-state index contributed by atoms with van der Waals surface area (Å²) in [6, 6.07) is 0. The van der Waals surface area contributed by atoms with Crippen molar-refractivity contribution in [2.45, 2.75) is 6.92 Å². The van der Waals surface area contributed by atoms with Crippen molar-refractivity contribution in [3.63, 3.8) is 0 Å². The molecular weight excluding hydrogens is 333 g/mol. The van der Waals surface area contributed by atoms with E-state index in [1.807, 2.05) is 0 Å². The first-order valence-corrected chi connectivity index (χ1v) is 2.26. The molecule has 0 saturated heterocycles. The van der Waals surface area contributed by atoms with Crippen LogP contribution in [0.2, 0.25) is 0 Å². The van der Waals surface area contributed by atoms with Gasteiger partial charge in [-0.1, -0.05) is 6.92 Å². The van der Waals surface area contributed by atoms with Crippen molar-refractivity contribution in [3.8, 4) is 0 Å².